The van der Waals surface area contributed by atoms with Crippen LogP contribution in [0.4, 0.5) is 0 Å². The molecule has 0 unspecified atom stereocenters. The van der Waals surface area contributed by atoms with Gasteiger partial charge < -0.3 is 0 Å². The van der Waals surface area contributed by atoms with Crippen molar-refractivity contribution >= 4 is 64.6 Å². The molecule has 0 bridgehead atoms. The Morgan fingerprint density at radius 1 is 0.262 bits per heavy atom. The fourth-order valence-electron chi connectivity index (χ4n) is 6.18. The van der Waals surface area contributed by atoms with Gasteiger partial charge in [0.25, 0.3) is 0 Å². The van der Waals surface area contributed by atoms with Gasteiger partial charge in [-0.1, -0.05) is 161 Å². The van der Waals surface area contributed by atoms with Crippen LogP contribution < -0.4 is 0 Å². The van der Waals surface area contributed by atoms with E-state index < -0.39 is 0 Å². The van der Waals surface area contributed by atoms with Gasteiger partial charge in [-0.15, -0.1) is 0 Å². The molecule has 8 aromatic rings. The van der Waals surface area contributed by atoms with Gasteiger partial charge in [-0.2, -0.15) is 0 Å². The van der Waals surface area contributed by atoms with Crippen LogP contribution in [0, 0.1) is 13.8 Å². The number of hydrogen-bond acceptors (Lipinski definition) is 0. The first-order chi connectivity index (χ1) is 20.7. The van der Waals surface area contributed by atoms with Crippen LogP contribution in [0.5, 0.6) is 0 Å². The number of rotatable bonds is 0. The first-order valence-corrected chi connectivity index (χ1v) is 15.3. The zero-order valence-electron chi connectivity index (χ0n) is 25.7. The van der Waals surface area contributed by atoms with Crippen LogP contribution in [0.15, 0.2) is 133 Å². The fourth-order valence-corrected chi connectivity index (χ4v) is 6.18. The van der Waals surface area contributed by atoms with E-state index in [1.165, 1.54) is 75.8 Å². The number of aryl methyl sites for hydroxylation is 2. The molecule has 0 atom stereocenters. The van der Waals surface area contributed by atoms with Gasteiger partial charge in [0.05, 0.1) is 0 Å². The quantitative estimate of drug-likeness (QED) is 0.132. The van der Waals surface area contributed by atoms with E-state index in [0.717, 1.165) is 0 Å². The van der Waals surface area contributed by atoms with Gasteiger partial charge in [0, 0.05) is 0 Å². The van der Waals surface area contributed by atoms with E-state index in [1.807, 2.05) is 27.7 Å². The first kappa shape index (κ1) is 28.8. The lowest BCUT2D eigenvalue weighted by atomic mass is 9.90. The SMILES string of the molecule is CC.CC.Cc1c2ccccc2c(C)c2c1ccc1ccccc12.c1ccc2c(c1)ccc1c3ccccc3ccc21. The minimum absolute atomic E-state index is 1.31. The van der Waals surface area contributed by atoms with E-state index >= 15 is 0 Å². The molecule has 0 spiro atoms. The van der Waals surface area contributed by atoms with Crippen LogP contribution in [0.25, 0.3) is 64.6 Å². The Morgan fingerprint density at radius 2 is 0.595 bits per heavy atom. The molecule has 0 heterocycles. The predicted octanol–water partition coefficient (Wildman–Crippen LogP) is 13.0. The van der Waals surface area contributed by atoms with Crippen LogP contribution >= 0.6 is 0 Å². The Morgan fingerprint density at radius 3 is 1.07 bits per heavy atom. The van der Waals surface area contributed by atoms with Gasteiger partial charge in [-0.05, 0) is 89.6 Å². The van der Waals surface area contributed by atoms with Crippen LogP contribution in [0.3, 0.4) is 0 Å². The Labute approximate surface area is 250 Å². The van der Waals surface area contributed by atoms with Crippen LogP contribution in [0.1, 0.15) is 38.8 Å². The van der Waals surface area contributed by atoms with Gasteiger partial charge in [0.2, 0.25) is 0 Å². The van der Waals surface area contributed by atoms with Crippen LogP contribution in [0.2, 0.25) is 0 Å². The summed E-state index contributed by atoms with van der Waals surface area (Å²) in [5, 5.41) is 16.1. The third-order valence-corrected chi connectivity index (χ3v) is 8.09. The average Bonchev–Trinajstić information content (AvgIpc) is 3.08. The molecule has 0 N–H and O–H groups in total. The predicted molar refractivity (Wildman–Crippen MR) is 190 cm³/mol. The number of fused-ring (bicyclic) bond motifs is 9. The number of hydrogen-bond donors (Lipinski definition) is 0. The molecule has 8 aromatic carbocycles. The molecule has 0 nitrogen and oxygen atoms in total. The molecular formula is C42H40. The van der Waals surface area contributed by atoms with Crippen LogP contribution in [-0.2, 0) is 0 Å². The Hall–Kier alpha value is -4.68. The third-order valence-electron chi connectivity index (χ3n) is 8.09. The molecule has 42 heavy (non-hydrogen) atoms. The maximum Gasteiger partial charge on any atom is -0.00671 e. The second-order valence-electron chi connectivity index (χ2n) is 10.2. The minimum atomic E-state index is 1.31. The molecule has 0 saturated carbocycles. The summed E-state index contributed by atoms with van der Waals surface area (Å²) < 4.78 is 0. The highest BCUT2D eigenvalue weighted by Gasteiger charge is 2.10. The third kappa shape index (κ3) is 5.10. The average molecular weight is 545 g/mol. The Kier molecular flexibility index (Phi) is 8.84. The van der Waals surface area contributed by atoms with Crippen molar-refractivity contribution in [3.63, 3.8) is 0 Å². The Balaban J connectivity index is 0.000000151. The monoisotopic (exact) mass is 544 g/mol. The molecule has 0 aliphatic carbocycles. The van der Waals surface area contributed by atoms with Gasteiger partial charge in [0.1, 0.15) is 0 Å². The zero-order valence-corrected chi connectivity index (χ0v) is 25.7. The van der Waals surface area contributed by atoms with Crippen molar-refractivity contribution in [2.45, 2.75) is 41.5 Å². The standard InChI is InChI=1S/C20H16.C18H12.2C2H6/c1-13-16-8-5-6-9-17(16)14(2)20-18(13)12-11-15-7-3-4-10-19(15)20;1-3-7-15-13(5-1)9-11-18-16-8-4-2-6-14(16)10-12-17(15)18;2*1-2/h3-12H,1-2H3;1-12H;2*1-2H3. The van der Waals surface area contributed by atoms with Crippen molar-refractivity contribution in [3.8, 4) is 0 Å². The molecule has 208 valence electrons. The van der Waals surface area contributed by atoms with Crippen molar-refractivity contribution < 1.29 is 0 Å². The second-order valence-corrected chi connectivity index (χ2v) is 10.2. The van der Waals surface area contributed by atoms with E-state index in [-0.39, 0.29) is 0 Å². The van der Waals surface area contributed by atoms with Gasteiger partial charge >= 0.3 is 0 Å². The molecule has 8 rings (SSSR count). The molecule has 0 aromatic heterocycles. The molecule has 0 aliphatic rings. The molecule has 0 amide bonds. The molecular weight excluding hydrogens is 504 g/mol. The summed E-state index contributed by atoms with van der Waals surface area (Å²) in [5.41, 5.74) is 2.77. The highest BCUT2D eigenvalue weighted by atomic mass is 14.1. The van der Waals surface area contributed by atoms with E-state index in [1.54, 1.807) is 0 Å². The zero-order chi connectivity index (χ0) is 29.6. The summed E-state index contributed by atoms with van der Waals surface area (Å²) in [4.78, 5) is 0. The topological polar surface area (TPSA) is 0 Å². The first-order valence-electron chi connectivity index (χ1n) is 15.3. The molecule has 0 heteroatoms. The van der Waals surface area contributed by atoms with E-state index in [4.69, 9.17) is 0 Å². The second kappa shape index (κ2) is 12.9. The van der Waals surface area contributed by atoms with E-state index in [0.29, 0.717) is 0 Å². The highest BCUT2D eigenvalue weighted by Crippen LogP contribution is 2.36. The lowest BCUT2D eigenvalue weighted by molar-refractivity contribution is 1.50. The maximum absolute atomic E-state index is 2.27. The van der Waals surface area contributed by atoms with Crippen molar-refractivity contribution in [1.82, 2.24) is 0 Å². The summed E-state index contributed by atoms with van der Waals surface area (Å²) in [7, 11) is 0. The fraction of sp³-hybridized carbons (Fsp3) is 0.143. The smallest absolute Gasteiger partial charge is 0.00671 e. The normalized spacial score (nSPS) is 10.6. The van der Waals surface area contributed by atoms with Gasteiger partial charge in [0.15, 0.2) is 0 Å². The summed E-state index contributed by atoms with van der Waals surface area (Å²) in [6.07, 6.45) is 0. The van der Waals surface area contributed by atoms with Gasteiger partial charge in [-0.25, -0.2) is 0 Å². The lowest BCUT2D eigenvalue weighted by Crippen LogP contribution is -1.89. The minimum Gasteiger partial charge on any atom is -0.0683 e. The highest BCUT2D eigenvalue weighted by molar-refractivity contribution is 6.18. The molecule has 0 saturated heterocycles. The van der Waals surface area contributed by atoms with Crippen molar-refractivity contribution in [2.75, 3.05) is 0 Å². The van der Waals surface area contributed by atoms with Crippen molar-refractivity contribution in [1.29, 1.82) is 0 Å². The summed E-state index contributed by atoms with van der Waals surface area (Å²) in [6.45, 7) is 12.5. The molecule has 0 aliphatic heterocycles. The summed E-state index contributed by atoms with van der Waals surface area (Å²) >= 11 is 0. The van der Waals surface area contributed by atoms with E-state index in [2.05, 4.69) is 147 Å². The van der Waals surface area contributed by atoms with Crippen molar-refractivity contribution in [2.24, 2.45) is 0 Å². The summed E-state index contributed by atoms with van der Waals surface area (Å²) in [5.74, 6) is 0. The van der Waals surface area contributed by atoms with Crippen molar-refractivity contribution in [3.05, 3.63) is 145 Å². The number of benzene rings is 8. The van der Waals surface area contributed by atoms with E-state index in [9.17, 15) is 0 Å². The molecule has 0 fully saturated rings. The van der Waals surface area contributed by atoms with Crippen LogP contribution in [-0.4, -0.2) is 0 Å². The maximum atomic E-state index is 2.27. The Bertz CT molecular complexity index is 2070. The lowest BCUT2D eigenvalue weighted by Gasteiger charge is -2.14. The molecule has 0 radical (unpaired) electrons. The van der Waals surface area contributed by atoms with Gasteiger partial charge in [-0.3, -0.25) is 0 Å². The summed E-state index contributed by atoms with van der Waals surface area (Å²) in [6, 6.07) is 47.9. The largest absolute Gasteiger partial charge is 0.0683 e.